The summed E-state index contributed by atoms with van der Waals surface area (Å²) in [4.78, 5) is 12.4. The molecular formula is C16H17IN2O4S. The molecule has 1 saturated heterocycles. The second kappa shape index (κ2) is 6.85. The molecule has 3 rings (SSSR count). The molecule has 0 atom stereocenters. The van der Waals surface area contributed by atoms with Gasteiger partial charge in [0, 0.05) is 28.4 Å². The van der Waals surface area contributed by atoms with E-state index in [0.717, 1.165) is 16.4 Å². The van der Waals surface area contributed by atoms with Gasteiger partial charge in [0.15, 0.2) is 5.76 Å². The lowest BCUT2D eigenvalue weighted by Crippen LogP contribution is -2.28. The summed E-state index contributed by atoms with van der Waals surface area (Å²) in [5, 5.41) is 2.70. The predicted octanol–water partition coefficient (Wildman–Crippen LogP) is 3.23. The first-order valence-electron chi connectivity index (χ1n) is 7.55. The molecule has 1 aliphatic rings. The van der Waals surface area contributed by atoms with Crippen molar-refractivity contribution in [1.29, 1.82) is 0 Å². The summed E-state index contributed by atoms with van der Waals surface area (Å²) in [6.07, 6.45) is 1.71. The van der Waals surface area contributed by atoms with E-state index in [0.29, 0.717) is 18.8 Å². The zero-order valence-corrected chi connectivity index (χ0v) is 16.1. The Morgan fingerprint density at radius 3 is 2.46 bits per heavy atom. The maximum Gasteiger partial charge on any atom is 0.291 e. The molecule has 0 aliphatic carbocycles. The Balaban J connectivity index is 1.83. The molecule has 1 fully saturated rings. The van der Waals surface area contributed by atoms with Gasteiger partial charge in [-0.25, -0.2) is 8.42 Å². The van der Waals surface area contributed by atoms with Crippen molar-refractivity contribution in [2.75, 3.05) is 18.4 Å². The fraction of sp³-hybridized carbons (Fsp3) is 0.312. The summed E-state index contributed by atoms with van der Waals surface area (Å²) in [5.41, 5.74) is 0.624. The van der Waals surface area contributed by atoms with Crippen LogP contribution in [0.15, 0.2) is 39.6 Å². The van der Waals surface area contributed by atoms with Gasteiger partial charge in [-0.05, 0) is 66.6 Å². The number of nitrogens with zero attached hydrogens (tertiary/aromatic N) is 1. The first-order chi connectivity index (χ1) is 11.4. The minimum absolute atomic E-state index is 0.0104. The van der Waals surface area contributed by atoms with Gasteiger partial charge in [0.05, 0.1) is 0 Å². The van der Waals surface area contributed by atoms with Crippen molar-refractivity contribution in [3.63, 3.8) is 0 Å². The third kappa shape index (κ3) is 3.50. The number of carbonyl (C=O) groups excluding carboxylic acids is 1. The molecule has 1 aromatic carbocycles. The van der Waals surface area contributed by atoms with Gasteiger partial charge < -0.3 is 9.73 Å². The second-order valence-corrected chi connectivity index (χ2v) is 8.76. The molecule has 6 nitrogen and oxygen atoms in total. The third-order valence-corrected chi connectivity index (χ3v) is 6.61. The van der Waals surface area contributed by atoms with Gasteiger partial charge in [0.1, 0.15) is 10.7 Å². The molecule has 1 amide bonds. The zero-order chi connectivity index (χ0) is 17.3. The molecule has 0 radical (unpaired) electrons. The Hall–Kier alpha value is -1.39. The number of hydrogen-bond acceptors (Lipinski definition) is 4. The van der Waals surface area contributed by atoms with Crippen LogP contribution in [0.1, 0.15) is 29.2 Å². The number of sulfonamides is 1. The summed E-state index contributed by atoms with van der Waals surface area (Å²) in [6.45, 7) is 2.58. The summed E-state index contributed by atoms with van der Waals surface area (Å²) in [6, 6.07) is 8.60. The van der Waals surface area contributed by atoms with Crippen molar-refractivity contribution in [3.8, 4) is 0 Å². The van der Waals surface area contributed by atoms with Crippen LogP contribution in [0.5, 0.6) is 0 Å². The number of halogens is 1. The molecule has 0 bridgehead atoms. The lowest BCUT2D eigenvalue weighted by atomic mass is 10.3. The van der Waals surface area contributed by atoms with E-state index in [-0.39, 0.29) is 16.4 Å². The maximum absolute atomic E-state index is 12.6. The molecule has 24 heavy (non-hydrogen) atoms. The van der Waals surface area contributed by atoms with Gasteiger partial charge in [-0.15, -0.1) is 0 Å². The highest BCUT2D eigenvalue weighted by molar-refractivity contribution is 14.1. The number of aryl methyl sites for hydroxylation is 1. The lowest BCUT2D eigenvalue weighted by Gasteiger charge is -2.14. The van der Waals surface area contributed by atoms with E-state index < -0.39 is 15.9 Å². The van der Waals surface area contributed by atoms with E-state index in [1.807, 2.05) is 12.1 Å². The Morgan fingerprint density at radius 2 is 1.83 bits per heavy atom. The minimum atomic E-state index is -3.60. The van der Waals surface area contributed by atoms with Crippen molar-refractivity contribution in [2.24, 2.45) is 0 Å². The first kappa shape index (κ1) is 17.4. The predicted molar refractivity (Wildman–Crippen MR) is 98.6 cm³/mol. The molecular weight excluding hydrogens is 443 g/mol. The van der Waals surface area contributed by atoms with Crippen LogP contribution in [-0.2, 0) is 10.0 Å². The highest BCUT2D eigenvalue weighted by Crippen LogP contribution is 2.26. The summed E-state index contributed by atoms with van der Waals surface area (Å²) < 4.78 is 33.1. The molecule has 1 aliphatic heterocycles. The minimum Gasteiger partial charge on any atom is -0.455 e. The van der Waals surface area contributed by atoms with Crippen LogP contribution in [0.3, 0.4) is 0 Å². The average Bonchev–Trinajstić information content (AvgIpc) is 3.19. The highest BCUT2D eigenvalue weighted by Gasteiger charge is 2.31. The van der Waals surface area contributed by atoms with Crippen molar-refractivity contribution >= 4 is 44.2 Å². The van der Waals surface area contributed by atoms with Crippen LogP contribution in [0, 0.1) is 10.5 Å². The lowest BCUT2D eigenvalue weighted by molar-refractivity contribution is 0.0995. The first-order valence-corrected chi connectivity index (χ1v) is 10.1. The van der Waals surface area contributed by atoms with Crippen molar-refractivity contribution in [3.05, 3.63) is 45.4 Å². The van der Waals surface area contributed by atoms with Gasteiger partial charge in [0.25, 0.3) is 5.91 Å². The van der Waals surface area contributed by atoms with Gasteiger partial charge in [-0.2, -0.15) is 4.31 Å². The standard InChI is InChI=1S/C16H17IN2O4S/c1-11-15(24(21,22)19-8-2-3-9-19)10-14(23-11)16(20)18-13-6-4-12(17)5-7-13/h4-7,10H,2-3,8-9H2,1H3,(H,18,20). The van der Waals surface area contributed by atoms with E-state index in [2.05, 4.69) is 27.9 Å². The van der Waals surface area contributed by atoms with E-state index in [1.54, 1.807) is 19.1 Å². The highest BCUT2D eigenvalue weighted by atomic mass is 127. The van der Waals surface area contributed by atoms with E-state index in [1.165, 1.54) is 10.4 Å². The summed E-state index contributed by atoms with van der Waals surface area (Å²) in [7, 11) is -3.60. The fourth-order valence-electron chi connectivity index (χ4n) is 2.63. The quantitative estimate of drug-likeness (QED) is 0.711. The Kier molecular flexibility index (Phi) is 4.97. The largest absolute Gasteiger partial charge is 0.455 e. The monoisotopic (exact) mass is 460 g/mol. The molecule has 1 N–H and O–H groups in total. The molecule has 1 aromatic heterocycles. The number of anilines is 1. The number of rotatable bonds is 4. The number of carbonyl (C=O) groups is 1. The number of amides is 1. The van der Waals surface area contributed by atoms with Crippen LogP contribution in [0.25, 0.3) is 0 Å². The van der Waals surface area contributed by atoms with Gasteiger partial charge in [0.2, 0.25) is 10.0 Å². The van der Waals surface area contributed by atoms with E-state index >= 15 is 0 Å². The molecule has 2 heterocycles. The second-order valence-electron chi connectivity index (χ2n) is 5.60. The van der Waals surface area contributed by atoms with Crippen molar-refractivity contribution in [2.45, 2.75) is 24.7 Å². The number of hydrogen-bond donors (Lipinski definition) is 1. The van der Waals surface area contributed by atoms with Crippen molar-refractivity contribution in [1.82, 2.24) is 4.31 Å². The fourth-order valence-corrected chi connectivity index (χ4v) is 4.66. The Bertz CT molecular complexity index is 853. The molecule has 128 valence electrons. The summed E-state index contributed by atoms with van der Waals surface area (Å²) >= 11 is 2.17. The molecule has 0 spiro atoms. The number of nitrogens with one attached hydrogen (secondary N) is 1. The smallest absolute Gasteiger partial charge is 0.291 e. The molecule has 0 saturated carbocycles. The zero-order valence-electron chi connectivity index (χ0n) is 13.1. The topological polar surface area (TPSA) is 79.6 Å². The van der Waals surface area contributed by atoms with Gasteiger partial charge in [-0.1, -0.05) is 0 Å². The molecule has 2 aromatic rings. The third-order valence-electron chi connectivity index (χ3n) is 3.88. The maximum atomic E-state index is 12.6. The number of furan rings is 1. The Morgan fingerprint density at radius 1 is 1.21 bits per heavy atom. The molecule has 8 heteroatoms. The SMILES string of the molecule is Cc1oc(C(=O)Nc2ccc(I)cc2)cc1S(=O)(=O)N1CCCC1. The van der Waals surface area contributed by atoms with Crippen LogP contribution in [-0.4, -0.2) is 31.7 Å². The summed E-state index contributed by atoms with van der Waals surface area (Å²) in [5.74, 6) is -0.249. The van der Waals surface area contributed by atoms with Crippen LogP contribution in [0.4, 0.5) is 5.69 Å². The van der Waals surface area contributed by atoms with Crippen LogP contribution in [0.2, 0.25) is 0 Å². The Labute approximate surface area is 154 Å². The van der Waals surface area contributed by atoms with Crippen LogP contribution >= 0.6 is 22.6 Å². The van der Waals surface area contributed by atoms with Crippen molar-refractivity contribution < 1.29 is 17.6 Å². The van der Waals surface area contributed by atoms with Gasteiger partial charge in [-0.3, -0.25) is 4.79 Å². The van der Waals surface area contributed by atoms with E-state index in [9.17, 15) is 13.2 Å². The molecule has 0 unspecified atom stereocenters. The number of benzene rings is 1. The normalized spacial score (nSPS) is 15.6. The van der Waals surface area contributed by atoms with Gasteiger partial charge >= 0.3 is 0 Å². The average molecular weight is 460 g/mol. The van der Waals surface area contributed by atoms with Crippen LogP contribution < -0.4 is 5.32 Å². The van der Waals surface area contributed by atoms with E-state index in [4.69, 9.17) is 4.42 Å².